The highest BCUT2D eigenvalue weighted by Gasteiger charge is 2.51. The van der Waals surface area contributed by atoms with Gasteiger partial charge < -0.3 is 29.8 Å². The van der Waals surface area contributed by atoms with Crippen LogP contribution in [0.3, 0.4) is 0 Å². The lowest BCUT2D eigenvalue weighted by atomic mass is 9.89. The Morgan fingerprint density at radius 2 is 1.78 bits per heavy atom. The molecule has 8 nitrogen and oxygen atoms in total. The number of H-pyrrole nitrogens is 1. The number of carbonyl (C=O) groups is 2. The molecule has 0 spiro atoms. The van der Waals surface area contributed by atoms with Crippen LogP contribution in [0, 0.1) is 0 Å². The van der Waals surface area contributed by atoms with Gasteiger partial charge in [0.05, 0.1) is 5.41 Å². The van der Waals surface area contributed by atoms with Gasteiger partial charge in [-0.15, -0.1) is 0 Å². The molecular weight excluding hydrogens is 458 g/mol. The number of hydrogen-bond donors (Lipinski definition) is 3. The first-order valence-corrected chi connectivity index (χ1v) is 12.3. The summed E-state index contributed by atoms with van der Waals surface area (Å²) in [7, 11) is 0. The van der Waals surface area contributed by atoms with Gasteiger partial charge in [0, 0.05) is 37.1 Å². The highest BCUT2D eigenvalue weighted by molar-refractivity contribution is 6.02. The average Bonchev–Trinajstić information content (AvgIpc) is 3.28. The van der Waals surface area contributed by atoms with Crippen molar-refractivity contribution in [1.82, 2.24) is 10.3 Å². The third-order valence-electron chi connectivity index (χ3n) is 6.79. The molecule has 2 aromatic carbocycles. The lowest BCUT2D eigenvalue weighted by Gasteiger charge is -2.25. The monoisotopic (exact) mass is 495 g/mol. The Labute approximate surface area is 213 Å². The molecule has 36 heavy (non-hydrogen) atoms. The molecule has 2 amide bonds. The minimum atomic E-state index is -0.544. The van der Waals surface area contributed by atoms with Gasteiger partial charge in [0.25, 0.3) is 0 Å². The fourth-order valence-corrected chi connectivity index (χ4v) is 4.49. The fourth-order valence-electron chi connectivity index (χ4n) is 4.49. The van der Waals surface area contributed by atoms with Gasteiger partial charge >= 0.3 is 6.09 Å². The summed E-state index contributed by atoms with van der Waals surface area (Å²) in [5.41, 5.74) is 2.22. The maximum atomic E-state index is 13.3. The van der Waals surface area contributed by atoms with Crippen molar-refractivity contribution < 1.29 is 26.7 Å². The van der Waals surface area contributed by atoms with Crippen molar-refractivity contribution in [2.24, 2.45) is 0 Å². The quantitative estimate of drug-likeness (QED) is 0.397. The van der Waals surface area contributed by atoms with Crippen LogP contribution in [0.2, 0.25) is 0 Å². The topological polar surface area (TPSA) is 102 Å². The maximum Gasteiger partial charge on any atom is 0.407 e. The maximum absolute atomic E-state index is 13.3. The number of benzene rings is 2. The number of ether oxygens (including phenoxy) is 3. The zero-order valence-corrected chi connectivity index (χ0v) is 21.4. The first-order valence-electron chi connectivity index (χ1n) is 12.3. The van der Waals surface area contributed by atoms with E-state index in [4.69, 9.17) is 14.2 Å². The first-order chi connectivity index (χ1) is 17.0. The van der Waals surface area contributed by atoms with Gasteiger partial charge in [-0.3, -0.25) is 4.79 Å². The van der Waals surface area contributed by atoms with Gasteiger partial charge in [0.15, 0.2) is 11.5 Å². The van der Waals surface area contributed by atoms with E-state index in [1.54, 1.807) is 0 Å². The summed E-state index contributed by atoms with van der Waals surface area (Å²) in [6.45, 7) is 10.3. The van der Waals surface area contributed by atoms with Crippen molar-refractivity contribution in [3.63, 3.8) is 0 Å². The lowest BCUT2D eigenvalue weighted by Crippen LogP contribution is -2.39. The van der Waals surface area contributed by atoms with E-state index >= 15 is 0 Å². The number of aromatic amines is 1. The Morgan fingerprint density at radius 1 is 1.03 bits per heavy atom. The Balaban J connectivity index is 0.00000200. The lowest BCUT2D eigenvalue weighted by molar-refractivity contribution is -0.118. The van der Waals surface area contributed by atoms with E-state index in [9.17, 15) is 9.59 Å². The second kappa shape index (κ2) is 8.47. The van der Waals surface area contributed by atoms with Crippen molar-refractivity contribution in [3.8, 4) is 11.5 Å². The molecule has 1 aliphatic carbocycles. The third-order valence-corrected chi connectivity index (χ3v) is 6.79. The van der Waals surface area contributed by atoms with Crippen LogP contribution < -0.4 is 20.1 Å². The molecular formula is C28H37N3O5. The Morgan fingerprint density at radius 3 is 2.50 bits per heavy atom. The van der Waals surface area contributed by atoms with Crippen molar-refractivity contribution in [2.75, 3.05) is 18.7 Å². The van der Waals surface area contributed by atoms with Gasteiger partial charge in [-0.2, -0.15) is 0 Å². The predicted octanol–water partition coefficient (Wildman–Crippen LogP) is 5.86. The van der Waals surface area contributed by atoms with Gasteiger partial charge in [0.1, 0.15) is 5.60 Å². The fraction of sp³-hybridized carbons (Fsp3) is 0.429. The summed E-state index contributed by atoms with van der Waals surface area (Å²) in [6.07, 6.45) is 1.16. The standard InChI is InChI=1S/C28H33N3O5.2H2/c1-26(2,3)36-25(33)29-15-27(4,5)23-13-17-12-19(7-8-20(17)31-23)30-24(32)28(10-11-28)18-6-9-21-22(14-18)35-16-34-21;;/h6-9,12-14,31H,10-11,15-16H2,1-5H3,(H,29,33)(H,30,32);2*1H. The van der Waals surface area contributed by atoms with Crippen LogP contribution in [0.5, 0.6) is 11.5 Å². The van der Waals surface area contributed by atoms with Gasteiger partial charge in [-0.05, 0) is 75.6 Å². The molecule has 0 unspecified atom stereocenters. The highest BCUT2D eigenvalue weighted by Crippen LogP contribution is 2.51. The molecule has 0 bridgehead atoms. The zero-order chi connectivity index (χ0) is 25.7. The van der Waals surface area contributed by atoms with E-state index in [1.165, 1.54) is 0 Å². The zero-order valence-electron chi connectivity index (χ0n) is 21.4. The molecule has 1 aromatic heterocycles. The van der Waals surface area contributed by atoms with E-state index < -0.39 is 17.1 Å². The molecule has 2 aliphatic rings. The number of fused-ring (bicyclic) bond motifs is 2. The van der Waals surface area contributed by atoms with Crippen molar-refractivity contribution in [3.05, 3.63) is 53.7 Å². The van der Waals surface area contributed by atoms with Crippen LogP contribution in [0.25, 0.3) is 10.9 Å². The summed E-state index contributed by atoms with van der Waals surface area (Å²) in [4.78, 5) is 28.9. The Bertz CT molecular complexity index is 1340. The highest BCUT2D eigenvalue weighted by atomic mass is 16.7. The van der Waals surface area contributed by atoms with Crippen LogP contribution in [0.1, 0.15) is 61.6 Å². The summed E-state index contributed by atoms with van der Waals surface area (Å²) in [5.74, 6) is 1.39. The van der Waals surface area contributed by atoms with Crippen LogP contribution in [0.15, 0.2) is 42.5 Å². The number of aromatic nitrogens is 1. The number of amides is 2. The second-order valence-corrected chi connectivity index (χ2v) is 11.3. The second-order valence-electron chi connectivity index (χ2n) is 11.3. The molecule has 5 rings (SSSR count). The minimum Gasteiger partial charge on any atom is -0.454 e. The van der Waals surface area contributed by atoms with Crippen molar-refractivity contribution >= 4 is 28.6 Å². The molecule has 1 fully saturated rings. The molecule has 1 saturated carbocycles. The summed E-state index contributed by atoms with van der Waals surface area (Å²) in [6, 6.07) is 13.7. The van der Waals surface area contributed by atoms with Crippen LogP contribution in [0.4, 0.5) is 10.5 Å². The summed E-state index contributed by atoms with van der Waals surface area (Å²) >= 11 is 0. The number of carbonyl (C=O) groups excluding carboxylic acids is 2. The van der Waals surface area contributed by atoms with Crippen LogP contribution >= 0.6 is 0 Å². The number of anilines is 1. The molecule has 2 heterocycles. The van der Waals surface area contributed by atoms with E-state index in [2.05, 4.69) is 35.5 Å². The van der Waals surface area contributed by atoms with Crippen molar-refractivity contribution in [2.45, 2.75) is 63.9 Å². The minimum absolute atomic E-state index is 0. The summed E-state index contributed by atoms with van der Waals surface area (Å²) in [5, 5.41) is 6.96. The smallest absolute Gasteiger partial charge is 0.407 e. The van der Waals surface area contributed by atoms with Gasteiger partial charge in [-0.1, -0.05) is 19.9 Å². The molecule has 8 heteroatoms. The molecule has 0 saturated heterocycles. The molecule has 1 aliphatic heterocycles. The molecule has 0 atom stereocenters. The number of nitrogens with one attached hydrogen (secondary N) is 3. The number of alkyl carbamates (subject to hydrolysis) is 1. The Kier molecular flexibility index (Phi) is 5.65. The third kappa shape index (κ3) is 4.72. The van der Waals surface area contributed by atoms with E-state index in [0.29, 0.717) is 18.0 Å². The Hall–Kier alpha value is -3.68. The summed E-state index contributed by atoms with van der Waals surface area (Å²) < 4.78 is 16.3. The SMILES string of the molecule is CC(C)(C)OC(=O)NCC(C)(C)c1cc2cc(NC(=O)C3(c4ccc5c(c4)OCO5)CC3)ccc2[nH]1.[HH].[HH]. The van der Waals surface area contributed by atoms with Crippen LogP contribution in [-0.4, -0.2) is 35.9 Å². The average molecular weight is 496 g/mol. The molecule has 3 aromatic rings. The first kappa shape index (κ1) is 24.0. The van der Waals surface area contributed by atoms with Crippen molar-refractivity contribution in [1.29, 1.82) is 0 Å². The van der Waals surface area contributed by atoms with E-state index in [1.807, 2.05) is 57.2 Å². The number of rotatable bonds is 6. The normalized spacial score (nSPS) is 16.0. The largest absolute Gasteiger partial charge is 0.454 e. The van der Waals surface area contributed by atoms with Gasteiger partial charge in [-0.25, -0.2) is 4.79 Å². The van der Waals surface area contributed by atoms with Crippen LogP contribution in [-0.2, 0) is 20.4 Å². The van der Waals surface area contributed by atoms with Gasteiger partial charge in [0.2, 0.25) is 12.7 Å². The molecule has 3 N–H and O–H groups in total. The van der Waals surface area contributed by atoms with E-state index in [-0.39, 0.29) is 21.0 Å². The van der Waals surface area contributed by atoms with E-state index in [0.717, 1.165) is 40.7 Å². The number of hydrogen-bond acceptors (Lipinski definition) is 5. The molecule has 194 valence electrons. The predicted molar refractivity (Wildman–Crippen MR) is 142 cm³/mol. The molecule has 0 radical (unpaired) electrons.